The van der Waals surface area contributed by atoms with Crippen LogP contribution < -0.4 is 10.6 Å². The third-order valence-electron chi connectivity index (χ3n) is 1.80. The summed E-state index contributed by atoms with van der Waals surface area (Å²) in [5.41, 5.74) is 0.642. The molecule has 1 aromatic rings. The van der Waals surface area contributed by atoms with Crippen LogP contribution in [-0.2, 0) is 14.4 Å². The molecular formula is C11H12N2O3. The Balaban J connectivity index is 2.36. The van der Waals surface area contributed by atoms with E-state index in [1.807, 2.05) is 6.07 Å². The second kappa shape index (κ2) is 6.34. The molecule has 2 amide bonds. The van der Waals surface area contributed by atoms with Crippen molar-refractivity contribution < 1.29 is 14.4 Å². The zero-order valence-electron chi connectivity index (χ0n) is 8.60. The molecule has 0 fully saturated rings. The lowest BCUT2D eigenvalue weighted by atomic mass is 10.2. The largest absolute Gasteiger partial charge is 0.352 e. The first-order valence-corrected chi connectivity index (χ1v) is 4.76. The van der Waals surface area contributed by atoms with E-state index in [9.17, 15) is 14.4 Å². The van der Waals surface area contributed by atoms with Crippen LogP contribution in [0.3, 0.4) is 0 Å². The van der Waals surface area contributed by atoms with Crippen molar-refractivity contribution in [1.29, 1.82) is 0 Å². The minimum absolute atomic E-state index is 0.119. The molecule has 2 N–H and O–H groups in total. The molecule has 0 aliphatic heterocycles. The molecule has 0 aliphatic carbocycles. The average Bonchev–Trinajstić information content (AvgIpc) is 2.27. The van der Waals surface area contributed by atoms with Gasteiger partial charge in [-0.25, -0.2) is 0 Å². The number of ketones is 1. The summed E-state index contributed by atoms with van der Waals surface area (Å²) >= 11 is 0. The molecule has 1 rings (SSSR count). The van der Waals surface area contributed by atoms with E-state index < -0.39 is 0 Å². The zero-order chi connectivity index (χ0) is 11.8. The predicted octanol–water partition coefficient (Wildman–Crippen LogP) is 0.330. The number of amides is 2. The Morgan fingerprint density at radius 2 is 1.88 bits per heavy atom. The van der Waals surface area contributed by atoms with E-state index >= 15 is 0 Å². The lowest BCUT2D eigenvalue weighted by Gasteiger charge is -2.03. The highest BCUT2D eigenvalue weighted by Gasteiger charge is 2.08. The second-order valence-electron chi connectivity index (χ2n) is 3.13. The number of rotatable bonds is 6. The van der Waals surface area contributed by atoms with Crippen LogP contribution in [0.15, 0.2) is 30.3 Å². The molecule has 0 bridgehead atoms. The Morgan fingerprint density at radius 3 is 2.50 bits per heavy atom. The fourth-order valence-corrected chi connectivity index (χ4v) is 1.12. The van der Waals surface area contributed by atoms with Gasteiger partial charge >= 0.3 is 0 Å². The first-order valence-electron chi connectivity index (χ1n) is 4.76. The highest BCUT2D eigenvalue weighted by molar-refractivity contribution is 6.05. The van der Waals surface area contributed by atoms with E-state index in [-0.39, 0.29) is 24.7 Å². The van der Waals surface area contributed by atoms with Crippen LogP contribution in [0.5, 0.6) is 0 Å². The van der Waals surface area contributed by atoms with Gasteiger partial charge in [-0.3, -0.25) is 14.4 Å². The van der Waals surface area contributed by atoms with Gasteiger partial charge in [-0.1, -0.05) is 18.2 Å². The first-order chi connectivity index (χ1) is 7.72. The van der Waals surface area contributed by atoms with Crippen molar-refractivity contribution in [1.82, 2.24) is 5.32 Å². The number of para-hydroxylation sites is 1. The number of benzene rings is 1. The Morgan fingerprint density at radius 1 is 1.19 bits per heavy atom. The topological polar surface area (TPSA) is 75.3 Å². The molecule has 0 unspecified atom stereocenters. The van der Waals surface area contributed by atoms with Crippen LogP contribution in [-0.4, -0.2) is 24.6 Å². The molecule has 1 aromatic carbocycles. The summed E-state index contributed by atoms with van der Waals surface area (Å²) in [5.74, 6) is -0.718. The summed E-state index contributed by atoms with van der Waals surface area (Å²) in [7, 11) is 0. The lowest BCUT2D eigenvalue weighted by molar-refractivity contribution is -0.126. The van der Waals surface area contributed by atoms with Crippen LogP contribution in [0.1, 0.15) is 6.42 Å². The quantitative estimate of drug-likeness (QED) is 0.536. The number of carbonyl (C=O) groups is 3. The number of carbonyl (C=O) groups excluding carboxylic acids is 3. The predicted molar refractivity (Wildman–Crippen MR) is 58.8 cm³/mol. The Hall–Kier alpha value is -2.17. The summed E-state index contributed by atoms with van der Waals surface area (Å²) < 4.78 is 0. The van der Waals surface area contributed by atoms with Crippen molar-refractivity contribution in [2.45, 2.75) is 6.42 Å². The van der Waals surface area contributed by atoms with Gasteiger partial charge in [-0.2, -0.15) is 0 Å². The number of Topliss-reactive ketones (excluding diaryl/α,β-unsaturated/α-hetero) is 1. The van der Waals surface area contributed by atoms with Gasteiger partial charge in [-0.05, 0) is 12.1 Å². The third-order valence-corrected chi connectivity index (χ3v) is 1.80. The number of anilines is 1. The van der Waals surface area contributed by atoms with E-state index in [0.29, 0.717) is 12.1 Å². The van der Waals surface area contributed by atoms with Gasteiger partial charge in [0, 0.05) is 5.69 Å². The summed E-state index contributed by atoms with van der Waals surface area (Å²) in [4.78, 5) is 32.4. The van der Waals surface area contributed by atoms with E-state index in [2.05, 4.69) is 10.6 Å². The molecule has 0 heterocycles. The normalized spacial score (nSPS) is 9.25. The standard InChI is InChI=1S/C11H12N2O3/c14-8-12-7-10(15)6-11(16)13-9-4-2-1-3-5-9/h1-5,8H,6-7H2,(H,12,14)(H,13,16). The van der Waals surface area contributed by atoms with Gasteiger partial charge in [0.25, 0.3) is 0 Å². The minimum Gasteiger partial charge on any atom is -0.352 e. The van der Waals surface area contributed by atoms with Crippen LogP contribution >= 0.6 is 0 Å². The van der Waals surface area contributed by atoms with E-state index in [1.54, 1.807) is 24.3 Å². The van der Waals surface area contributed by atoms with Gasteiger partial charge in [0.2, 0.25) is 12.3 Å². The molecule has 0 radical (unpaired) electrons. The number of nitrogens with one attached hydrogen (secondary N) is 2. The van der Waals surface area contributed by atoms with Crippen molar-refractivity contribution in [3.8, 4) is 0 Å². The van der Waals surface area contributed by atoms with Gasteiger partial charge in [0.1, 0.15) is 0 Å². The molecule has 0 aliphatic rings. The van der Waals surface area contributed by atoms with Crippen molar-refractivity contribution in [3.63, 3.8) is 0 Å². The monoisotopic (exact) mass is 220 g/mol. The minimum atomic E-state index is -0.385. The molecule has 0 saturated heterocycles. The average molecular weight is 220 g/mol. The molecule has 5 nitrogen and oxygen atoms in total. The van der Waals surface area contributed by atoms with Gasteiger partial charge in [0.15, 0.2) is 5.78 Å². The molecular weight excluding hydrogens is 208 g/mol. The summed E-state index contributed by atoms with van der Waals surface area (Å²) in [6, 6.07) is 8.85. The SMILES string of the molecule is O=CNCC(=O)CC(=O)Nc1ccccc1. The molecule has 0 atom stereocenters. The van der Waals surface area contributed by atoms with E-state index in [0.717, 1.165) is 0 Å². The van der Waals surface area contributed by atoms with Gasteiger partial charge in [0.05, 0.1) is 13.0 Å². The second-order valence-corrected chi connectivity index (χ2v) is 3.13. The van der Waals surface area contributed by atoms with Crippen molar-refractivity contribution in [2.24, 2.45) is 0 Å². The summed E-state index contributed by atoms with van der Waals surface area (Å²) in [5, 5.41) is 4.78. The lowest BCUT2D eigenvalue weighted by Crippen LogP contribution is -2.25. The fourth-order valence-electron chi connectivity index (χ4n) is 1.12. The van der Waals surface area contributed by atoms with E-state index in [1.165, 1.54) is 0 Å². The summed E-state index contributed by atoms with van der Waals surface area (Å²) in [6.07, 6.45) is 0.183. The van der Waals surface area contributed by atoms with Crippen molar-refractivity contribution >= 4 is 23.8 Å². The summed E-state index contributed by atoms with van der Waals surface area (Å²) in [6.45, 7) is -0.119. The van der Waals surface area contributed by atoms with E-state index in [4.69, 9.17) is 0 Å². The molecule has 16 heavy (non-hydrogen) atoms. The van der Waals surface area contributed by atoms with Crippen molar-refractivity contribution in [2.75, 3.05) is 11.9 Å². The molecule has 0 saturated carbocycles. The Labute approximate surface area is 92.8 Å². The zero-order valence-corrected chi connectivity index (χ0v) is 8.60. The number of hydrogen-bond acceptors (Lipinski definition) is 3. The van der Waals surface area contributed by atoms with Crippen LogP contribution in [0, 0.1) is 0 Å². The number of hydrogen-bond donors (Lipinski definition) is 2. The highest BCUT2D eigenvalue weighted by atomic mass is 16.2. The maximum Gasteiger partial charge on any atom is 0.231 e. The first kappa shape index (κ1) is 11.9. The maximum atomic E-state index is 11.3. The molecule has 5 heteroatoms. The van der Waals surface area contributed by atoms with Crippen LogP contribution in [0.25, 0.3) is 0 Å². The highest BCUT2D eigenvalue weighted by Crippen LogP contribution is 2.05. The Bertz CT molecular complexity index is 376. The van der Waals surface area contributed by atoms with Crippen LogP contribution in [0.2, 0.25) is 0 Å². The van der Waals surface area contributed by atoms with Gasteiger partial charge in [-0.15, -0.1) is 0 Å². The molecule has 0 spiro atoms. The third kappa shape index (κ3) is 4.36. The van der Waals surface area contributed by atoms with Crippen LogP contribution in [0.4, 0.5) is 5.69 Å². The van der Waals surface area contributed by atoms with Gasteiger partial charge < -0.3 is 10.6 Å². The maximum absolute atomic E-state index is 11.3. The Kier molecular flexibility index (Phi) is 4.72. The van der Waals surface area contributed by atoms with Crippen molar-refractivity contribution in [3.05, 3.63) is 30.3 Å². The molecule has 0 aromatic heterocycles. The molecule has 84 valence electrons. The smallest absolute Gasteiger partial charge is 0.231 e. The fraction of sp³-hybridized carbons (Fsp3) is 0.182.